The van der Waals surface area contributed by atoms with Gasteiger partial charge in [0.25, 0.3) is 0 Å². The summed E-state index contributed by atoms with van der Waals surface area (Å²) in [5, 5.41) is 2.84. The highest BCUT2D eigenvalue weighted by Gasteiger charge is 2.17. The fourth-order valence-electron chi connectivity index (χ4n) is 1.92. The topological polar surface area (TPSA) is 80.9 Å². The number of nitrogens with one attached hydrogen (secondary N) is 1. The number of amides is 1. The van der Waals surface area contributed by atoms with Gasteiger partial charge in [0.05, 0.1) is 0 Å². The Morgan fingerprint density at radius 1 is 1.42 bits per heavy atom. The third-order valence-corrected chi connectivity index (χ3v) is 4.75. The molecule has 0 bridgehead atoms. The number of carbonyl (C=O) groups excluding carboxylic acids is 1. The normalized spacial score (nSPS) is 14.1. The van der Waals surface area contributed by atoms with Gasteiger partial charge in [0.2, 0.25) is 5.91 Å². The van der Waals surface area contributed by atoms with Crippen LogP contribution in [0.5, 0.6) is 0 Å². The van der Waals surface area contributed by atoms with Crippen molar-refractivity contribution in [2.24, 2.45) is 0 Å². The van der Waals surface area contributed by atoms with Crippen LogP contribution < -0.4 is 11.1 Å². The lowest BCUT2D eigenvalue weighted by Gasteiger charge is -2.18. The molecule has 3 N–H and O–H groups in total. The van der Waals surface area contributed by atoms with Gasteiger partial charge < -0.3 is 11.1 Å². The highest BCUT2D eigenvalue weighted by Crippen LogP contribution is 2.37. The molecule has 0 aliphatic carbocycles. The number of nitrogens with zero attached hydrogens (tertiary/aromatic N) is 2. The lowest BCUT2D eigenvalue weighted by atomic mass is 10.0. The van der Waals surface area contributed by atoms with Crippen LogP contribution in [0.25, 0.3) is 0 Å². The Morgan fingerprint density at radius 2 is 2.26 bits per heavy atom. The van der Waals surface area contributed by atoms with E-state index in [1.165, 1.54) is 23.3 Å². The van der Waals surface area contributed by atoms with Crippen molar-refractivity contribution < 1.29 is 4.79 Å². The largest absolute Gasteiger partial charge is 0.398 e. The van der Waals surface area contributed by atoms with E-state index in [-0.39, 0.29) is 5.91 Å². The summed E-state index contributed by atoms with van der Waals surface area (Å²) in [5.41, 5.74) is 8.63. The van der Waals surface area contributed by atoms with Crippen LogP contribution in [0.2, 0.25) is 0 Å². The summed E-state index contributed by atoms with van der Waals surface area (Å²) in [6, 6.07) is 3.86. The van der Waals surface area contributed by atoms with Gasteiger partial charge in [-0.1, -0.05) is 11.8 Å². The van der Waals surface area contributed by atoms with Crippen molar-refractivity contribution in [2.45, 2.75) is 29.0 Å². The molecule has 7 heteroatoms. The minimum absolute atomic E-state index is 0.0482. The Balaban J connectivity index is 1.92. The molecule has 5 nitrogen and oxygen atoms in total. The van der Waals surface area contributed by atoms with E-state index in [2.05, 4.69) is 14.7 Å². The van der Waals surface area contributed by atoms with Gasteiger partial charge in [0, 0.05) is 22.7 Å². The van der Waals surface area contributed by atoms with Gasteiger partial charge in [-0.05, 0) is 42.6 Å². The molecule has 0 radical (unpaired) electrons. The second kappa shape index (κ2) is 4.82. The van der Waals surface area contributed by atoms with Crippen LogP contribution in [0.15, 0.2) is 21.4 Å². The van der Waals surface area contributed by atoms with E-state index in [9.17, 15) is 4.79 Å². The number of rotatable bonds is 2. The Morgan fingerprint density at radius 3 is 3.00 bits per heavy atom. The number of benzene rings is 1. The molecule has 0 spiro atoms. The number of anilines is 2. The van der Waals surface area contributed by atoms with E-state index in [0.717, 1.165) is 32.7 Å². The van der Waals surface area contributed by atoms with E-state index >= 15 is 0 Å². The molecular weight excluding hydrogens is 280 g/mol. The van der Waals surface area contributed by atoms with Crippen LogP contribution in [0.4, 0.5) is 11.4 Å². The maximum Gasteiger partial charge on any atom is 0.224 e. The average molecular weight is 292 g/mol. The molecule has 0 fully saturated rings. The lowest BCUT2D eigenvalue weighted by molar-refractivity contribution is -0.116. The molecule has 0 atom stereocenters. The van der Waals surface area contributed by atoms with Gasteiger partial charge >= 0.3 is 0 Å². The predicted octanol–water partition coefficient (Wildman–Crippen LogP) is 2.46. The van der Waals surface area contributed by atoms with Crippen molar-refractivity contribution >= 4 is 40.6 Å². The van der Waals surface area contributed by atoms with Gasteiger partial charge in [0.1, 0.15) is 5.82 Å². The Kier molecular flexibility index (Phi) is 3.16. The van der Waals surface area contributed by atoms with Crippen LogP contribution in [-0.4, -0.2) is 15.3 Å². The molecule has 1 aliphatic rings. The van der Waals surface area contributed by atoms with Gasteiger partial charge in [-0.2, -0.15) is 4.37 Å². The van der Waals surface area contributed by atoms with E-state index in [1.54, 1.807) is 0 Å². The van der Waals surface area contributed by atoms with Gasteiger partial charge in [-0.3, -0.25) is 4.79 Å². The van der Waals surface area contributed by atoms with E-state index in [0.29, 0.717) is 12.1 Å². The SMILES string of the molecule is Cc1nsc(Sc2cc3c(cc2N)NC(=O)CC3)n1. The standard InChI is InChI=1S/C12H12N4OS2/c1-6-14-12(19-16-6)18-10-4-7-2-3-11(17)15-9(7)5-8(10)13/h4-5H,2-3,13H2,1H3,(H,15,17). The van der Waals surface area contributed by atoms with E-state index in [4.69, 9.17) is 5.73 Å². The van der Waals surface area contributed by atoms with Crippen LogP contribution in [0, 0.1) is 6.92 Å². The van der Waals surface area contributed by atoms with Crippen molar-refractivity contribution in [3.8, 4) is 0 Å². The van der Waals surface area contributed by atoms with Crippen LogP contribution in [0.1, 0.15) is 17.8 Å². The molecule has 1 amide bonds. The quantitative estimate of drug-likeness (QED) is 0.831. The third kappa shape index (κ3) is 2.57. The monoisotopic (exact) mass is 292 g/mol. The molecule has 0 unspecified atom stereocenters. The van der Waals surface area contributed by atoms with Gasteiger partial charge in [0.15, 0.2) is 4.34 Å². The van der Waals surface area contributed by atoms with Crippen molar-refractivity contribution in [3.63, 3.8) is 0 Å². The molecule has 0 saturated carbocycles. The number of fused-ring (bicyclic) bond motifs is 1. The van der Waals surface area contributed by atoms with Crippen molar-refractivity contribution in [2.75, 3.05) is 11.1 Å². The molecular formula is C12H12N4OS2. The number of nitrogen functional groups attached to an aromatic ring is 1. The summed E-state index contributed by atoms with van der Waals surface area (Å²) in [6.07, 6.45) is 1.28. The number of aromatic nitrogens is 2. The zero-order valence-corrected chi connectivity index (χ0v) is 11.9. The average Bonchev–Trinajstić information content (AvgIpc) is 2.76. The molecule has 2 aromatic rings. The fourth-order valence-corrected chi connectivity index (χ4v) is 3.62. The Bertz CT molecular complexity index is 653. The first-order chi connectivity index (χ1) is 9.11. The molecule has 1 aromatic carbocycles. The molecule has 1 aliphatic heterocycles. The summed E-state index contributed by atoms with van der Waals surface area (Å²) in [4.78, 5) is 16.6. The summed E-state index contributed by atoms with van der Waals surface area (Å²) in [5.74, 6) is 0.823. The summed E-state index contributed by atoms with van der Waals surface area (Å²) >= 11 is 2.88. The van der Waals surface area contributed by atoms with Crippen molar-refractivity contribution in [3.05, 3.63) is 23.5 Å². The van der Waals surface area contributed by atoms with Crippen molar-refractivity contribution in [1.82, 2.24) is 9.36 Å². The fraction of sp³-hybridized carbons (Fsp3) is 0.250. The minimum Gasteiger partial charge on any atom is -0.398 e. The number of hydrogen-bond donors (Lipinski definition) is 2. The molecule has 2 heterocycles. The van der Waals surface area contributed by atoms with Gasteiger partial charge in [-0.15, -0.1) is 0 Å². The van der Waals surface area contributed by atoms with Crippen LogP contribution >= 0.6 is 23.3 Å². The molecule has 98 valence electrons. The third-order valence-electron chi connectivity index (χ3n) is 2.84. The predicted molar refractivity (Wildman–Crippen MR) is 76.6 cm³/mol. The summed E-state index contributed by atoms with van der Waals surface area (Å²) < 4.78 is 5.03. The highest BCUT2D eigenvalue weighted by molar-refractivity contribution is 8.01. The Labute approximate surface area is 118 Å². The first kappa shape index (κ1) is 12.4. The zero-order valence-electron chi connectivity index (χ0n) is 10.3. The second-order valence-electron chi connectivity index (χ2n) is 4.30. The number of aryl methyl sites for hydroxylation is 2. The zero-order chi connectivity index (χ0) is 13.4. The first-order valence-corrected chi connectivity index (χ1v) is 7.41. The minimum atomic E-state index is 0.0482. The number of hydrogen-bond acceptors (Lipinski definition) is 6. The second-order valence-corrected chi connectivity index (χ2v) is 6.35. The van der Waals surface area contributed by atoms with Crippen LogP contribution in [0.3, 0.4) is 0 Å². The maximum absolute atomic E-state index is 11.3. The lowest BCUT2D eigenvalue weighted by Crippen LogP contribution is -2.19. The molecule has 0 saturated heterocycles. The number of nitrogens with two attached hydrogens (primary N) is 1. The number of carbonyl (C=O) groups is 1. The smallest absolute Gasteiger partial charge is 0.224 e. The molecule has 19 heavy (non-hydrogen) atoms. The van der Waals surface area contributed by atoms with Crippen LogP contribution in [-0.2, 0) is 11.2 Å². The maximum atomic E-state index is 11.3. The van der Waals surface area contributed by atoms with E-state index in [1.807, 2.05) is 19.1 Å². The molecule has 3 rings (SSSR count). The summed E-state index contributed by atoms with van der Waals surface area (Å²) in [6.45, 7) is 1.87. The van der Waals surface area contributed by atoms with E-state index < -0.39 is 0 Å². The first-order valence-electron chi connectivity index (χ1n) is 5.82. The Hall–Kier alpha value is -1.60. The summed E-state index contributed by atoms with van der Waals surface area (Å²) in [7, 11) is 0. The van der Waals surface area contributed by atoms with Crippen molar-refractivity contribution in [1.29, 1.82) is 0 Å². The molecule has 1 aromatic heterocycles. The van der Waals surface area contributed by atoms with Gasteiger partial charge in [-0.25, -0.2) is 4.98 Å². The highest BCUT2D eigenvalue weighted by atomic mass is 32.2.